The standard InChI is InChI=1S/C24H22N2O4/c1-17-12-22(18(2)26(17)14-20-6-4-3-5-7-20)23(27)15-30-24(28)16-29-21-10-8-19(13-25)9-11-21/h3-12H,14-16H2,1-2H3. The minimum absolute atomic E-state index is 0.255. The molecule has 0 aliphatic carbocycles. The number of carbonyl (C=O) groups is 2. The SMILES string of the molecule is Cc1cc(C(=O)COC(=O)COc2ccc(C#N)cc2)c(C)n1Cc1ccccc1. The van der Waals surface area contributed by atoms with Gasteiger partial charge in [0, 0.05) is 23.5 Å². The van der Waals surface area contributed by atoms with Crippen LogP contribution in [0, 0.1) is 25.2 Å². The van der Waals surface area contributed by atoms with Gasteiger partial charge in [0.15, 0.2) is 13.2 Å². The number of ketones is 1. The summed E-state index contributed by atoms with van der Waals surface area (Å²) >= 11 is 0. The van der Waals surface area contributed by atoms with Crippen LogP contribution in [0.2, 0.25) is 0 Å². The summed E-state index contributed by atoms with van der Waals surface area (Å²) in [7, 11) is 0. The van der Waals surface area contributed by atoms with Crippen LogP contribution in [0.3, 0.4) is 0 Å². The summed E-state index contributed by atoms with van der Waals surface area (Å²) in [6.07, 6.45) is 0. The molecule has 1 aromatic heterocycles. The lowest BCUT2D eigenvalue weighted by molar-refractivity contribution is -0.144. The molecule has 6 heteroatoms. The molecule has 0 aliphatic heterocycles. The second-order valence-corrected chi connectivity index (χ2v) is 6.87. The Balaban J connectivity index is 1.54. The maximum Gasteiger partial charge on any atom is 0.344 e. The van der Waals surface area contributed by atoms with Crippen molar-refractivity contribution >= 4 is 11.8 Å². The van der Waals surface area contributed by atoms with E-state index in [0.29, 0.717) is 23.4 Å². The topological polar surface area (TPSA) is 81.3 Å². The third-order valence-electron chi connectivity index (χ3n) is 4.76. The van der Waals surface area contributed by atoms with Crippen LogP contribution < -0.4 is 4.74 Å². The van der Waals surface area contributed by atoms with Crippen molar-refractivity contribution in [1.29, 1.82) is 5.26 Å². The van der Waals surface area contributed by atoms with Crippen molar-refractivity contribution in [3.63, 3.8) is 0 Å². The van der Waals surface area contributed by atoms with Crippen LogP contribution in [0.1, 0.15) is 32.9 Å². The van der Waals surface area contributed by atoms with Gasteiger partial charge < -0.3 is 14.0 Å². The Morgan fingerprint density at radius 2 is 1.70 bits per heavy atom. The van der Waals surface area contributed by atoms with Crippen molar-refractivity contribution in [3.05, 3.63) is 88.7 Å². The van der Waals surface area contributed by atoms with Crippen molar-refractivity contribution < 1.29 is 19.1 Å². The van der Waals surface area contributed by atoms with Crippen LogP contribution in [0.5, 0.6) is 5.75 Å². The Kier molecular flexibility index (Phi) is 6.66. The molecule has 0 spiro atoms. The van der Waals surface area contributed by atoms with Crippen LogP contribution in [0.15, 0.2) is 60.7 Å². The first-order valence-electron chi connectivity index (χ1n) is 9.50. The lowest BCUT2D eigenvalue weighted by Crippen LogP contribution is -2.20. The normalized spacial score (nSPS) is 10.3. The highest BCUT2D eigenvalue weighted by Gasteiger charge is 2.17. The van der Waals surface area contributed by atoms with Crippen LogP contribution in [-0.4, -0.2) is 29.5 Å². The fourth-order valence-electron chi connectivity index (χ4n) is 3.13. The molecule has 0 N–H and O–H groups in total. The summed E-state index contributed by atoms with van der Waals surface area (Å²) in [6.45, 7) is 3.85. The molecule has 3 rings (SSSR count). The molecule has 1 heterocycles. The number of aromatic nitrogens is 1. The van der Waals surface area contributed by atoms with Gasteiger partial charge in [-0.3, -0.25) is 4.79 Å². The fraction of sp³-hybridized carbons (Fsp3) is 0.208. The van der Waals surface area contributed by atoms with Crippen molar-refractivity contribution in [2.75, 3.05) is 13.2 Å². The van der Waals surface area contributed by atoms with Crippen LogP contribution in [0.4, 0.5) is 0 Å². The van der Waals surface area contributed by atoms with E-state index in [2.05, 4.69) is 4.57 Å². The van der Waals surface area contributed by atoms with Gasteiger partial charge in [-0.25, -0.2) is 4.79 Å². The summed E-state index contributed by atoms with van der Waals surface area (Å²) < 4.78 is 12.5. The second-order valence-electron chi connectivity index (χ2n) is 6.87. The molecule has 0 atom stereocenters. The van der Waals surface area contributed by atoms with Gasteiger partial charge in [0.1, 0.15) is 5.75 Å². The number of benzene rings is 2. The van der Waals surface area contributed by atoms with E-state index >= 15 is 0 Å². The summed E-state index contributed by atoms with van der Waals surface area (Å²) in [5.41, 5.74) is 4.00. The molecule has 2 aromatic carbocycles. The fourth-order valence-corrected chi connectivity index (χ4v) is 3.13. The lowest BCUT2D eigenvalue weighted by Gasteiger charge is -2.10. The van der Waals surface area contributed by atoms with E-state index in [1.165, 1.54) is 0 Å². The number of aryl methyl sites for hydroxylation is 1. The molecule has 3 aromatic rings. The molecule has 0 radical (unpaired) electrons. The number of Topliss-reactive ketones (excluding diaryl/α,β-unsaturated/α-hetero) is 1. The molecule has 0 bridgehead atoms. The number of ether oxygens (including phenoxy) is 2. The van der Waals surface area contributed by atoms with Crippen LogP contribution >= 0.6 is 0 Å². The Morgan fingerprint density at radius 3 is 2.37 bits per heavy atom. The van der Waals surface area contributed by atoms with Gasteiger partial charge in [-0.05, 0) is 49.7 Å². The maximum absolute atomic E-state index is 12.6. The van der Waals surface area contributed by atoms with Gasteiger partial charge in [0.05, 0.1) is 11.6 Å². The van der Waals surface area contributed by atoms with Gasteiger partial charge in [0.2, 0.25) is 5.78 Å². The number of nitrogens with zero attached hydrogens (tertiary/aromatic N) is 2. The molecular formula is C24H22N2O4. The number of rotatable bonds is 8. The molecule has 0 amide bonds. The average molecular weight is 402 g/mol. The highest BCUT2D eigenvalue weighted by atomic mass is 16.6. The zero-order chi connectivity index (χ0) is 21.5. The summed E-state index contributed by atoms with van der Waals surface area (Å²) in [5, 5.41) is 8.78. The summed E-state index contributed by atoms with van der Waals surface area (Å²) in [4.78, 5) is 24.5. The van der Waals surface area contributed by atoms with Gasteiger partial charge in [-0.15, -0.1) is 0 Å². The van der Waals surface area contributed by atoms with E-state index in [-0.39, 0.29) is 19.0 Å². The van der Waals surface area contributed by atoms with Crippen molar-refractivity contribution in [2.24, 2.45) is 0 Å². The molecule has 6 nitrogen and oxygen atoms in total. The van der Waals surface area contributed by atoms with Crippen LogP contribution in [0.25, 0.3) is 0 Å². The predicted molar refractivity (Wildman–Crippen MR) is 111 cm³/mol. The molecule has 0 saturated carbocycles. The Labute approximate surface area is 175 Å². The molecule has 0 aliphatic rings. The minimum atomic E-state index is -0.634. The number of esters is 1. The Morgan fingerprint density at radius 1 is 1.00 bits per heavy atom. The largest absolute Gasteiger partial charge is 0.482 e. The van der Waals surface area contributed by atoms with Gasteiger partial charge in [-0.2, -0.15) is 5.26 Å². The Bertz CT molecular complexity index is 1080. The van der Waals surface area contributed by atoms with Crippen LogP contribution in [-0.2, 0) is 16.1 Å². The smallest absolute Gasteiger partial charge is 0.344 e. The predicted octanol–water partition coefficient (Wildman–Crippen LogP) is 3.83. The molecular weight excluding hydrogens is 380 g/mol. The highest BCUT2D eigenvalue weighted by molar-refractivity contribution is 5.99. The van der Waals surface area contributed by atoms with E-state index in [4.69, 9.17) is 14.7 Å². The molecule has 152 valence electrons. The van der Waals surface area contributed by atoms with E-state index in [0.717, 1.165) is 17.0 Å². The van der Waals surface area contributed by atoms with Crippen molar-refractivity contribution in [3.8, 4) is 11.8 Å². The monoisotopic (exact) mass is 402 g/mol. The number of carbonyl (C=O) groups excluding carboxylic acids is 2. The van der Waals surface area contributed by atoms with E-state index in [1.807, 2.05) is 56.3 Å². The quantitative estimate of drug-likeness (QED) is 0.422. The molecule has 0 saturated heterocycles. The summed E-state index contributed by atoms with van der Waals surface area (Å²) in [6, 6.07) is 20.2. The third-order valence-corrected chi connectivity index (χ3v) is 4.76. The number of hydrogen-bond acceptors (Lipinski definition) is 5. The molecule has 30 heavy (non-hydrogen) atoms. The molecule has 0 fully saturated rings. The maximum atomic E-state index is 12.6. The zero-order valence-corrected chi connectivity index (χ0v) is 16.9. The van der Waals surface area contributed by atoms with E-state index in [9.17, 15) is 9.59 Å². The first-order chi connectivity index (χ1) is 14.5. The lowest BCUT2D eigenvalue weighted by atomic mass is 10.1. The third kappa shape index (κ3) is 5.15. The van der Waals surface area contributed by atoms with Gasteiger partial charge in [-0.1, -0.05) is 30.3 Å². The number of nitriles is 1. The van der Waals surface area contributed by atoms with Gasteiger partial charge in [0.25, 0.3) is 0 Å². The zero-order valence-electron chi connectivity index (χ0n) is 16.9. The van der Waals surface area contributed by atoms with Gasteiger partial charge >= 0.3 is 5.97 Å². The Hall–Kier alpha value is -3.85. The highest BCUT2D eigenvalue weighted by Crippen LogP contribution is 2.18. The second kappa shape index (κ2) is 9.57. The average Bonchev–Trinajstić information content (AvgIpc) is 3.05. The first kappa shape index (κ1) is 20.9. The van der Waals surface area contributed by atoms with E-state index in [1.54, 1.807) is 24.3 Å². The molecule has 0 unspecified atom stereocenters. The first-order valence-corrected chi connectivity index (χ1v) is 9.50. The van der Waals surface area contributed by atoms with Crippen molar-refractivity contribution in [1.82, 2.24) is 4.57 Å². The minimum Gasteiger partial charge on any atom is -0.482 e. The summed E-state index contributed by atoms with van der Waals surface area (Å²) in [5.74, 6) is -0.443. The number of hydrogen-bond donors (Lipinski definition) is 0. The van der Waals surface area contributed by atoms with Crippen molar-refractivity contribution in [2.45, 2.75) is 20.4 Å². The van der Waals surface area contributed by atoms with E-state index < -0.39 is 5.97 Å².